The number of nitrogens with zero attached hydrogens (tertiary/aromatic N) is 3. The minimum absolute atomic E-state index is 0.0305. The summed E-state index contributed by atoms with van der Waals surface area (Å²) in [4.78, 5) is 14.3. The van der Waals surface area contributed by atoms with Crippen molar-refractivity contribution in [1.29, 1.82) is 0 Å². The maximum atomic E-state index is 11.0. The van der Waals surface area contributed by atoms with Crippen molar-refractivity contribution >= 4 is 0 Å². The third kappa shape index (κ3) is 7.97. The van der Waals surface area contributed by atoms with Crippen molar-refractivity contribution in [2.75, 3.05) is 19.8 Å². The van der Waals surface area contributed by atoms with Gasteiger partial charge in [0.2, 0.25) is 0 Å². The van der Waals surface area contributed by atoms with Gasteiger partial charge in [-0.3, -0.25) is 0 Å². The first-order chi connectivity index (χ1) is 20.4. The molecule has 0 fully saturated rings. The van der Waals surface area contributed by atoms with Crippen molar-refractivity contribution in [3.8, 4) is 57.2 Å². The average molecular weight is 572 g/mol. The molecular weight excluding hydrogens is 530 g/mol. The van der Waals surface area contributed by atoms with Crippen molar-refractivity contribution < 1.29 is 24.4 Å². The number of aryl methyl sites for hydroxylation is 1. The Hall–Kier alpha value is -4.17. The minimum Gasteiger partial charge on any atom is -0.507 e. The molecule has 222 valence electrons. The Morgan fingerprint density at radius 3 is 1.83 bits per heavy atom. The first-order valence-electron chi connectivity index (χ1n) is 14.8. The highest BCUT2D eigenvalue weighted by atomic mass is 16.5. The van der Waals surface area contributed by atoms with Crippen LogP contribution in [0.3, 0.4) is 0 Å². The van der Waals surface area contributed by atoms with Gasteiger partial charge >= 0.3 is 0 Å². The van der Waals surface area contributed by atoms with Gasteiger partial charge in [-0.05, 0) is 73.7 Å². The molecule has 0 aliphatic heterocycles. The van der Waals surface area contributed by atoms with Crippen molar-refractivity contribution in [3.63, 3.8) is 0 Å². The van der Waals surface area contributed by atoms with E-state index in [9.17, 15) is 10.2 Å². The maximum Gasteiger partial charge on any atom is 0.167 e. The molecule has 0 atom stereocenters. The number of phenols is 2. The summed E-state index contributed by atoms with van der Waals surface area (Å²) in [5, 5.41) is 21.8. The van der Waals surface area contributed by atoms with E-state index in [1.165, 1.54) is 0 Å². The number of hydrogen-bond donors (Lipinski definition) is 2. The van der Waals surface area contributed by atoms with Crippen LogP contribution in [0.4, 0.5) is 0 Å². The molecular formula is C34H41N3O5. The predicted octanol–water partition coefficient (Wildman–Crippen LogP) is 7.88. The highest BCUT2D eigenvalue weighted by Crippen LogP contribution is 2.37. The number of ether oxygens (including phenoxy) is 3. The van der Waals surface area contributed by atoms with Crippen LogP contribution >= 0.6 is 0 Å². The zero-order chi connectivity index (χ0) is 29.9. The van der Waals surface area contributed by atoms with Gasteiger partial charge in [0.25, 0.3) is 0 Å². The number of rotatable bonds is 15. The van der Waals surface area contributed by atoms with Crippen LogP contribution in [0.25, 0.3) is 34.2 Å². The Labute approximate surface area is 248 Å². The molecule has 8 heteroatoms. The van der Waals surface area contributed by atoms with Crippen molar-refractivity contribution in [2.24, 2.45) is 0 Å². The molecule has 0 aliphatic rings. The summed E-state index contributed by atoms with van der Waals surface area (Å²) in [7, 11) is 0. The summed E-state index contributed by atoms with van der Waals surface area (Å²) in [6.45, 7) is 10.4. The van der Waals surface area contributed by atoms with Crippen LogP contribution in [0.1, 0.15) is 64.0 Å². The van der Waals surface area contributed by atoms with Crippen LogP contribution in [0, 0.1) is 6.92 Å². The molecule has 0 saturated carbocycles. The maximum absolute atomic E-state index is 11.0. The quantitative estimate of drug-likeness (QED) is 0.139. The molecule has 0 aliphatic carbocycles. The second-order valence-corrected chi connectivity index (χ2v) is 10.3. The van der Waals surface area contributed by atoms with E-state index in [0.717, 1.165) is 43.2 Å². The molecule has 0 radical (unpaired) electrons. The van der Waals surface area contributed by atoms with E-state index in [1.807, 2.05) is 37.3 Å². The Bertz CT molecular complexity index is 1470. The fraction of sp³-hybridized carbons (Fsp3) is 0.382. The van der Waals surface area contributed by atoms with Gasteiger partial charge in [-0.25, -0.2) is 15.0 Å². The number of hydrogen-bond acceptors (Lipinski definition) is 8. The molecule has 4 aromatic rings. The molecule has 0 amide bonds. The van der Waals surface area contributed by atoms with E-state index >= 15 is 0 Å². The molecule has 2 N–H and O–H groups in total. The van der Waals surface area contributed by atoms with Crippen LogP contribution in [0.5, 0.6) is 23.0 Å². The van der Waals surface area contributed by atoms with Gasteiger partial charge in [0, 0.05) is 12.7 Å². The summed E-state index contributed by atoms with van der Waals surface area (Å²) in [5.41, 5.74) is 3.32. The van der Waals surface area contributed by atoms with E-state index in [4.69, 9.17) is 24.2 Å². The lowest BCUT2D eigenvalue weighted by Gasteiger charge is -2.15. The summed E-state index contributed by atoms with van der Waals surface area (Å²) >= 11 is 0. The molecule has 0 bridgehead atoms. The summed E-state index contributed by atoms with van der Waals surface area (Å²) in [5.74, 6) is 2.31. The Balaban J connectivity index is 1.83. The number of aromatic hydroxyl groups is 2. The largest absolute Gasteiger partial charge is 0.507 e. The molecule has 0 spiro atoms. The zero-order valence-electron chi connectivity index (χ0n) is 25.0. The van der Waals surface area contributed by atoms with E-state index in [0.29, 0.717) is 60.4 Å². The standard InChI is InChI=1S/C34H41N3O5/c1-5-8-17-41-25-12-15-28(31(21-25)42-18-9-6-2)34-36-32(26-13-10-23(4)19-29(26)38)35-33(37-34)27-14-11-24(20-30(27)39)22-40-16-7-3/h10-15,19-21,38-39H,5-9,16-18,22H2,1-4H3. The minimum atomic E-state index is 0.0305. The fourth-order valence-corrected chi connectivity index (χ4v) is 4.32. The number of benzene rings is 3. The van der Waals surface area contributed by atoms with E-state index < -0.39 is 0 Å². The van der Waals surface area contributed by atoms with Crippen molar-refractivity contribution in [1.82, 2.24) is 15.0 Å². The Morgan fingerprint density at radius 2 is 1.21 bits per heavy atom. The Kier molecular flexibility index (Phi) is 11.1. The van der Waals surface area contributed by atoms with Gasteiger partial charge < -0.3 is 24.4 Å². The SMILES string of the molecule is CCCCOc1ccc(-c2nc(-c3ccc(C)cc3O)nc(-c3ccc(COCCC)cc3O)n2)c(OCCCC)c1. The highest BCUT2D eigenvalue weighted by Gasteiger charge is 2.19. The van der Waals surface area contributed by atoms with Gasteiger partial charge in [0.05, 0.1) is 36.5 Å². The van der Waals surface area contributed by atoms with Crippen LogP contribution in [-0.2, 0) is 11.3 Å². The summed E-state index contributed by atoms with van der Waals surface area (Å²) in [6.07, 6.45) is 4.81. The van der Waals surface area contributed by atoms with Crippen molar-refractivity contribution in [3.05, 3.63) is 65.7 Å². The Morgan fingerprint density at radius 1 is 0.619 bits per heavy atom. The lowest BCUT2D eigenvalue weighted by atomic mass is 10.1. The predicted molar refractivity (Wildman–Crippen MR) is 165 cm³/mol. The molecule has 8 nitrogen and oxygen atoms in total. The molecule has 1 heterocycles. The van der Waals surface area contributed by atoms with Gasteiger partial charge in [-0.2, -0.15) is 0 Å². The third-order valence-corrected chi connectivity index (χ3v) is 6.67. The number of unbranched alkanes of at least 4 members (excludes halogenated alkanes) is 2. The summed E-state index contributed by atoms with van der Waals surface area (Å²) in [6, 6.07) is 16.3. The topological polar surface area (TPSA) is 107 Å². The fourth-order valence-electron chi connectivity index (χ4n) is 4.32. The molecule has 1 aromatic heterocycles. The first kappa shape index (κ1) is 30.8. The third-order valence-electron chi connectivity index (χ3n) is 6.67. The van der Waals surface area contributed by atoms with E-state index in [2.05, 4.69) is 25.8 Å². The first-order valence-corrected chi connectivity index (χ1v) is 14.8. The van der Waals surface area contributed by atoms with Crippen LogP contribution < -0.4 is 9.47 Å². The molecule has 0 saturated heterocycles. The molecule has 3 aromatic carbocycles. The lowest BCUT2D eigenvalue weighted by molar-refractivity contribution is 0.121. The van der Waals surface area contributed by atoms with Crippen LogP contribution in [0.15, 0.2) is 54.6 Å². The molecule has 0 unspecified atom stereocenters. The van der Waals surface area contributed by atoms with Crippen LogP contribution in [0.2, 0.25) is 0 Å². The normalized spacial score (nSPS) is 11.0. The second kappa shape index (κ2) is 15.2. The van der Waals surface area contributed by atoms with Gasteiger partial charge in [0.15, 0.2) is 17.5 Å². The van der Waals surface area contributed by atoms with Gasteiger partial charge in [0.1, 0.15) is 23.0 Å². The molecule has 42 heavy (non-hydrogen) atoms. The second-order valence-electron chi connectivity index (χ2n) is 10.3. The summed E-state index contributed by atoms with van der Waals surface area (Å²) < 4.78 is 17.8. The van der Waals surface area contributed by atoms with Gasteiger partial charge in [-0.1, -0.05) is 45.7 Å². The van der Waals surface area contributed by atoms with Crippen molar-refractivity contribution in [2.45, 2.75) is 66.4 Å². The number of aromatic nitrogens is 3. The average Bonchev–Trinajstić information content (AvgIpc) is 2.97. The van der Waals surface area contributed by atoms with E-state index in [-0.39, 0.29) is 23.1 Å². The van der Waals surface area contributed by atoms with Gasteiger partial charge in [-0.15, -0.1) is 0 Å². The number of phenolic OH excluding ortho intramolecular Hbond substituents is 2. The van der Waals surface area contributed by atoms with Crippen LogP contribution in [-0.4, -0.2) is 45.0 Å². The highest BCUT2D eigenvalue weighted by molar-refractivity contribution is 5.74. The molecule has 4 rings (SSSR count). The van der Waals surface area contributed by atoms with E-state index in [1.54, 1.807) is 24.3 Å². The zero-order valence-corrected chi connectivity index (χ0v) is 25.0. The monoisotopic (exact) mass is 571 g/mol. The smallest absolute Gasteiger partial charge is 0.167 e. The lowest BCUT2D eigenvalue weighted by Crippen LogP contribution is -2.04.